The topological polar surface area (TPSA) is 17.1 Å². The fraction of sp³-hybridized carbons (Fsp3) is 0.222. The lowest BCUT2D eigenvalue weighted by molar-refractivity contribution is -0.140. The van der Waals surface area contributed by atoms with E-state index >= 15 is 0 Å². The van der Waals surface area contributed by atoms with E-state index in [2.05, 4.69) is 0 Å². The molecule has 0 aliphatic rings. The second-order valence-electron chi connectivity index (χ2n) is 2.99. The number of alkyl halides is 6. The third-order valence-electron chi connectivity index (χ3n) is 1.80. The summed E-state index contributed by atoms with van der Waals surface area (Å²) in [4.78, 5) is 6.84. The van der Waals surface area contributed by atoms with E-state index in [1.807, 2.05) is 0 Å². The van der Waals surface area contributed by atoms with E-state index in [0.717, 1.165) is 6.07 Å². The first-order valence-corrected chi connectivity index (χ1v) is 4.81. The van der Waals surface area contributed by atoms with Crippen LogP contribution in [0.15, 0.2) is 18.2 Å². The molecule has 0 amide bonds. The van der Waals surface area contributed by atoms with Crippen molar-refractivity contribution in [3.63, 3.8) is 0 Å². The molecule has 17 heavy (non-hydrogen) atoms. The van der Waals surface area contributed by atoms with Crippen molar-refractivity contribution in [2.75, 3.05) is 0 Å². The lowest BCUT2D eigenvalue weighted by Crippen LogP contribution is -2.25. The highest BCUT2D eigenvalue weighted by molar-refractivity contribution is 9.10. The summed E-state index contributed by atoms with van der Waals surface area (Å²) in [5, 5.41) is 0. The number of Topliss-reactive ketones (excluding diaryl/α,β-unsaturated/α-hetero) is 1. The van der Waals surface area contributed by atoms with E-state index in [4.69, 9.17) is 0 Å². The van der Waals surface area contributed by atoms with Gasteiger partial charge in [0.25, 0.3) is 0 Å². The molecule has 0 atom stereocenters. The molecule has 0 aliphatic heterocycles. The Labute approximate surface area is 99.5 Å². The van der Waals surface area contributed by atoms with Crippen molar-refractivity contribution < 1.29 is 31.1 Å². The van der Waals surface area contributed by atoms with Crippen molar-refractivity contribution in [3.05, 3.63) is 35.1 Å². The van der Waals surface area contributed by atoms with Gasteiger partial charge >= 0.3 is 11.0 Å². The Morgan fingerprint density at radius 2 is 1.65 bits per heavy atom. The minimum atomic E-state index is -5.23. The van der Waals surface area contributed by atoms with Gasteiger partial charge in [-0.1, -0.05) is 12.1 Å². The Kier molecular flexibility index (Phi) is 3.56. The van der Waals surface area contributed by atoms with Crippen LogP contribution in [0.3, 0.4) is 0 Å². The largest absolute Gasteiger partial charge is 0.419 e. The fourth-order valence-corrected chi connectivity index (χ4v) is 1.37. The first-order valence-electron chi connectivity index (χ1n) is 4.02. The average Bonchev–Trinajstić information content (AvgIpc) is 2.12. The molecule has 0 aliphatic carbocycles. The molecule has 1 aromatic carbocycles. The number of ketones is 1. The SMILES string of the molecule is O=C(c1cccc(F)c1C(F)(F)F)C(F)(F)Br. The summed E-state index contributed by atoms with van der Waals surface area (Å²) < 4.78 is 75.3. The normalized spacial score (nSPS) is 12.6. The van der Waals surface area contributed by atoms with Crippen molar-refractivity contribution >= 4 is 21.7 Å². The minimum Gasteiger partial charge on any atom is -0.286 e. The van der Waals surface area contributed by atoms with Crippen molar-refractivity contribution in [3.8, 4) is 0 Å². The Balaban J connectivity index is 3.46. The van der Waals surface area contributed by atoms with Crippen LogP contribution in [0, 0.1) is 5.82 Å². The predicted molar refractivity (Wildman–Crippen MR) is 49.6 cm³/mol. The molecule has 1 aromatic rings. The highest BCUT2D eigenvalue weighted by atomic mass is 79.9. The van der Waals surface area contributed by atoms with Gasteiger partial charge in [0.15, 0.2) is 0 Å². The molecular formula is C9H3BrF6O. The van der Waals surface area contributed by atoms with Crippen LogP contribution < -0.4 is 0 Å². The molecule has 0 radical (unpaired) electrons. The molecule has 0 N–H and O–H groups in total. The number of hydrogen-bond donors (Lipinski definition) is 0. The van der Waals surface area contributed by atoms with Gasteiger partial charge < -0.3 is 0 Å². The van der Waals surface area contributed by atoms with Crippen LogP contribution in [0.25, 0.3) is 0 Å². The highest BCUT2D eigenvalue weighted by Gasteiger charge is 2.44. The minimum absolute atomic E-state index is 0.436. The number of rotatable bonds is 2. The van der Waals surface area contributed by atoms with Gasteiger partial charge in [0.1, 0.15) is 11.4 Å². The van der Waals surface area contributed by atoms with Gasteiger partial charge in [0, 0.05) is 5.56 Å². The number of halogens is 7. The van der Waals surface area contributed by atoms with E-state index in [1.54, 1.807) is 15.9 Å². The maximum absolute atomic E-state index is 13.0. The molecule has 0 saturated carbocycles. The van der Waals surface area contributed by atoms with Gasteiger partial charge in [0.2, 0.25) is 5.78 Å². The van der Waals surface area contributed by atoms with Gasteiger partial charge in [-0.2, -0.15) is 22.0 Å². The van der Waals surface area contributed by atoms with E-state index in [1.165, 1.54) is 0 Å². The first-order chi connectivity index (χ1) is 7.55. The van der Waals surface area contributed by atoms with Crippen LogP contribution >= 0.6 is 15.9 Å². The smallest absolute Gasteiger partial charge is 0.286 e. The molecule has 0 saturated heterocycles. The number of hydrogen-bond acceptors (Lipinski definition) is 1. The van der Waals surface area contributed by atoms with Crippen LogP contribution in [0.1, 0.15) is 15.9 Å². The molecule has 0 bridgehead atoms. The highest BCUT2D eigenvalue weighted by Crippen LogP contribution is 2.37. The molecule has 1 rings (SSSR count). The van der Waals surface area contributed by atoms with Crippen LogP contribution in [-0.4, -0.2) is 10.6 Å². The Bertz CT molecular complexity index is 448. The molecule has 8 heteroatoms. The van der Waals surface area contributed by atoms with Crippen molar-refractivity contribution in [1.82, 2.24) is 0 Å². The Morgan fingerprint density at radius 3 is 2.06 bits per heavy atom. The van der Waals surface area contributed by atoms with E-state index < -0.39 is 33.7 Å². The molecule has 94 valence electrons. The number of carbonyl (C=O) groups excluding carboxylic acids is 1. The molecule has 0 fully saturated rings. The average molecular weight is 321 g/mol. The molecular weight excluding hydrogens is 318 g/mol. The van der Waals surface area contributed by atoms with E-state index in [-0.39, 0.29) is 0 Å². The van der Waals surface area contributed by atoms with Gasteiger partial charge in [-0.05, 0) is 22.0 Å². The summed E-state index contributed by atoms with van der Waals surface area (Å²) in [5.74, 6) is -3.93. The van der Waals surface area contributed by atoms with Crippen LogP contribution in [0.5, 0.6) is 0 Å². The van der Waals surface area contributed by atoms with Crippen molar-refractivity contribution in [2.45, 2.75) is 11.0 Å². The predicted octanol–water partition coefficient (Wildman–Crippen LogP) is 4.01. The van der Waals surface area contributed by atoms with E-state index in [9.17, 15) is 31.1 Å². The lowest BCUT2D eigenvalue weighted by atomic mass is 10.0. The molecule has 0 spiro atoms. The second kappa shape index (κ2) is 4.32. The maximum Gasteiger partial charge on any atom is 0.419 e. The number of benzene rings is 1. The third kappa shape index (κ3) is 2.99. The monoisotopic (exact) mass is 320 g/mol. The summed E-state index contributed by atoms with van der Waals surface area (Å²) in [6, 6.07) is 1.67. The fourth-order valence-electron chi connectivity index (χ4n) is 1.15. The van der Waals surface area contributed by atoms with Crippen LogP contribution in [-0.2, 0) is 6.18 Å². The second-order valence-corrected chi connectivity index (χ2v) is 3.98. The standard InChI is InChI=1S/C9H3BrF6O/c10-8(12,13)7(17)4-2-1-3-5(11)6(4)9(14,15)16/h1-3H. The zero-order valence-corrected chi connectivity index (χ0v) is 9.37. The molecule has 0 unspecified atom stereocenters. The van der Waals surface area contributed by atoms with Crippen LogP contribution in [0.4, 0.5) is 26.3 Å². The maximum atomic E-state index is 13.0. The van der Waals surface area contributed by atoms with Gasteiger partial charge in [-0.3, -0.25) is 4.79 Å². The molecule has 0 heterocycles. The lowest BCUT2D eigenvalue weighted by Gasteiger charge is -2.14. The third-order valence-corrected chi connectivity index (χ3v) is 2.16. The van der Waals surface area contributed by atoms with Gasteiger partial charge in [0.05, 0.1) is 0 Å². The van der Waals surface area contributed by atoms with E-state index in [0.29, 0.717) is 12.1 Å². The number of carbonyl (C=O) groups is 1. The quantitative estimate of drug-likeness (QED) is 0.457. The summed E-state index contributed by atoms with van der Waals surface area (Å²) in [6.07, 6.45) is -5.23. The molecule has 1 nitrogen and oxygen atoms in total. The van der Waals surface area contributed by atoms with Crippen LogP contribution in [0.2, 0.25) is 0 Å². The Hall–Kier alpha value is -1.05. The van der Waals surface area contributed by atoms with Gasteiger partial charge in [-0.15, -0.1) is 0 Å². The summed E-state index contributed by atoms with van der Waals surface area (Å²) in [7, 11) is 0. The molecule has 0 aromatic heterocycles. The zero-order chi connectivity index (χ0) is 13.4. The van der Waals surface area contributed by atoms with Crippen molar-refractivity contribution in [2.24, 2.45) is 0 Å². The Morgan fingerprint density at radius 1 is 1.12 bits per heavy atom. The summed E-state index contributed by atoms with van der Waals surface area (Å²) >= 11 is 1.63. The van der Waals surface area contributed by atoms with Crippen molar-refractivity contribution in [1.29, 1.82) is 0 Å². The van der Waals surface area contributed by atoms with Gasteiger partial charge in [-0.25, -0.2) is 4.39 Å². The summed E-state index contributed by atoms with van der Waals surface area (Å²) in [5.41, 5.74) is -3.41. The first kappa shape index (κ1) is 14.0. The summed E-state index contributed by atoms with van der Waals surface area (Å²) in [6.45, 7) is 0. The zero-order valence-electron chi connectivity index (χ0n) is 7.79.